The molecule has 0 fully saturated rings. The van der Waals surface area contributed by atoms with E-state index >= 15 is 0 Å². The van der Waals surface area contributed by atoms with Gasteiger partial charge in [-0.3, -0.25) is 4.79 Å². The highest BCUT2D eigenvalue weighted by atomic mass is 16.5. The van der Waals surface area contributed by atoms with Gasteiger partial charge in [-0.15, -0.1) is 0 Å². The van der Waals surface area contributed by atoms with Crippen LogP contribution in [0.2, 0.25) is 0 Å². The summed E-state index contributed by atoms with van der Waals surface area (Å²) in [5.41, 5.74) is 3.30. The second-order valence-electron chi connectivity index (χ2n) is 6.22. The Bertz CT molecular complexity index is 836. The summed E-state index contributed by atoms with van der Waals surface area (Å²) in [6.07, 6.45) is 3.16. The first kappa shape index (κ1) is 19.4. The highest BCUT2D eigenvalue weighted by molar-refractivity contribution is 6.11. The van der Waals surface area contributed by atoms with Crippen molar-refractivity contribution in [3.05, 3.63) is 52.6 Å². The number of aromatic hydroxyl groups is 1. The maximum atomic E-state index is 12.7. The fourth-order valence-electron chi connectivity index (χ4n) is 2.90. The molecule has 26 heavy (non-hydrogen) atoms. The van der Waals surface area contributed by atoms with Crippen LogP contribution in [0.3, 0.4) is 0 Å². The minimum Gasteiger partial charge on any atom is -0.507 e. The third kappa shape index (κ3) is 3.67. The zero-order valence-electron chi connectivity index (χ0n) is 16.1. The number of ketones is 1. The Balaban J connectivity index is 2.40. The first-order chi connectivity index (χ1) is 12.3. The molecule has 5 nitrogen and oxygen atoms in total. The monoisotopic (exact) mass is 355 g/mol. The van der Waals surface area contributed by atoms with Crippen LogP contribution in [0.15, 0.2) is 30.3 Å². The summed E-state index contributed by atoms with van der Waals surface area (Å²) in [4.78, 5) is 14.7. The molecule has 138 valence electrons. The van der Waals surface area contributed by atoms with Crippen molar-refractivity contribution in [3.63, 3.8) is 0 Å². The van der Waals surface area contributed by atoms with Crippen molar-refractivity contribution in [2.45, 2.75) is 13.8 Å². The number of benzene rings is 2. The quantitative estimate of drug-likeness (QED) is 0.627. The van der Waals surface area contributed by atoms with Crippen molar-refractivity contribution in [1.82, 2.24) is 0 Å². The van der Waals surface area contributed by atoms with Gasteiger partial charge in [0.25, 0.3) is 0 Å². The predicted octanol–water partition coefficient (Wildman–Crippen LogP) is 3.99. The minimum absolute atomic E-state index is 0.123. The molecule has 0 amide bonds. The van der Waals surface area contributed by atoms with Crippen LogP contribution in [0, 0.1) is 13.8 Å². The van der Waals surface area contributed by atoms with E-state index in [1.807, 2.05) is 43.3 Å². The van der Waals surface area contributed by atoms with E-state index in [4.69, 9.17) is 9.47 Å². The molecule has 2 aromatic rings. The molecule has 0 aliphatic heterocycles. The molecule has 0 radical (unpaired) electrons. The van der Waals surface area contributed by atoms with Gasteiger partial charge in [0.15, 0.2) is 5.78 Å². The van der Waals surface area contributed by atoms with Crippen LogP contribution in [0.4, 0.5) is 5.69 Å². The maximum absolute atomic E-state index is 12.7. The lowest BCUT2D eigenvalue weighted by atomic mass is 9.98. The van der Waals surface area contributed by atoms with Crippen molar-refractivity contribution >= 4 is 17.5 Å². The Morgan fingerprint density at radius 1 is 1.00 bits per heavy atom. The van der Waals surface area contributed by atoms with E-state index in [1.54, 1.807) is 19.9 Å². The van der Waals surface area contributed by atoms with E-state index in [-0.39, 0.29) is 17.1 Å². The van der Waals surface area contributed by atoms with Gasteiger partial charge in [0.2, 0.25) is 0 Å². The number of allylic oxidation sites excluding steroid dienone is 1. The van der Waals surface area contributed by atoms with E-state index in [0.29, 0.717) is 22.6 Å². The summed E-state index contributed by atoms with van der Waals surface area (Å²) in [6.45, 7) is 3.51. The summed E-state index contributed by atoms with van der Waals surface area (Å²) >= 11 is 0. The molecule has 0 bridgehead atoms. The fourth-order valence-corrected chi connectivity index (χ4v) is 2.90. The third-order valence-corrected chi connectivity index (χ3v) is 4.33. The number of nitrogens with zero attached hydrogens (tertiary/aromatic N) is 1. The van der Waals surface area contributed by atoms with Crippen LogP contribution in [0.5, 0.6) is 17.2 Å². The molecule has 0 saturated carbocycles. The SMILES string of the molecule is COc1c(C)c(O)c(C(=O)/C=C/c2ccc(N(C)C)cc2)c(OC)c1C. The lowest BCUT2D eigenvalue weighted by Gasteiger charge is -2.17. The summed E-state index contributed by atoms with van der Waals surface area (Å²) in [5, 5.41) is 10.5. The molecule has 0 unspecified atom stereocenters. The normalized spacial score (nSPS) is 10.8. The topological polar surface area (TPSA) is 59.0 Å². The zero-order chi connectivity index (χ0) is 19.4. The van der Waals surface area contributed by atoms with E-state index < -0.39 is 0 Å². The highest BCUT2D eigenvalue weighted by Gasteiger charge is 2.24. The highest BCUT2D eigenvalue weighted by Crippen LogP contribution is 2.42. The number of carbonyl (C=O) groups is 1. The number of phenolic OH excluding ortho intramolecular Hbond substituents is 1. The number of anilines is 1. The Kier molecular flexibility index (Phi) is 5.93. The second kappa shape index (κ2) is 7.95. The molecule has 1 N–H and O–H groups in total. The Morgan fingerprint density at radius 2 is 1.58 bits per heavy atom. The fraction of sp³-hybridized carbons (Fsp3) is 0.286. The maximum Gasteiger partial charge on any atom is 0.193 e. The van der Waals surface area contributed by atoms with Crippen molar-refractivity contribution in [3.8, 4) is 17.2 Å². The molecule has 0 aromatic heterocycles. The number of phenols is 1. The molecular formula is C21H25NO4. The van der Waals surface area contributed by atoms with Gasteiger partial charge in [0.05, 0.1) is 14.2 Å². The van der Waals surface area contributed by atoms with Gasteiger partial charge in [0.1, 0.15) is 22.8 Å². The number of ether oxygens (including phenoxy) is 2. The van der Waals surface area contributed by atoms with Gasteiger partial charge in [0, 0.05) is 30.9 Å². The molecule has 0 aliphatic rings. The zero-order valence-corrected chi connectivity index (χ0v) is 16.1. The lowest BCUT2D eigenvalue weighted by molar-refractivity contribution is 0.104. The van der Waals surface area contributed by atoms with Gasteiger partial charge in [-0.2, -0.15) is 0 Å². The largest absolute Gasteiger partial charge is 0.507 e. The average molecular weight is 355 g/mol. The van der Waals surface area contributed by atoms with Crippen LogP contribution in [-0.4, -0.2) is 39.2 Å². The lowest BCUT2D eigenvalue weighted by Crippen LogP contribution is -2.07. The second-order valence-corrected chi connectivity index (χ2v) is 6.22. The van der Waals surface area contributed by atoms with Gasteiger partial charge < -0.3 is 19.5 Å². The van der Waals surface area contributed by atoms with Crippen molar-refractivity contribution in [2.24, 2.45) is 0 Å². The number of methoxy groups -OCH3 is 2. The van der Waals surface area contributed by atoms with E-state index in [1.165, 1.54) is 20.3 Å². The molecule has 2 aromatic carbocycles. The molecular weight excluding hydrogens is 330 g/mol. The van der Waals surface area contributed by atoms with E-state index in [2.05, 4.69) is 0 Å². The number of rotatable bonds is 6. The molecule has 0 aliphatic carbocycles. The van der Waals surface area contributed by atoms with Crippen LogP contribution in [0.25, 0.3) is 6.08 Å². The smallest absolute Gasteiger partial charge is 0.193 e. The van der Waals surface area contributed by atoms with Crippen LogP contribution < -0.4 is 14.4 Å². The van der Waals surface area contributed by atoms with Gasteiger partial charge >= 0.3 is 0 Å². The predicted molar refractivity (Wildman–Crippen MR) is 105 cm³/mol. The Hall–Kier alpha value is -2.95. The van der Waals surface area contributed by atoms with Gasteiger partial charge in [-0.1, -0.05) is 18.2 Å². The van der Waals surface area contributed by atoms with Crippen LogP contribution in [0.1, 0.15) is 27.0 Å². The average Bonchev–Trinajstić information content (AvgIpc) is 2.63. The van der Waals surface area contributed by atoms with Crippen molar-refractivity contribution in [2.75, 3.05) is 33.2 Å². The minimum atomic E-state index is -0.329. The van der Waals surface area contributed by atoms with Crippen LogP contribution in [-0.2, 0) is 0 Å². The molecule has 5 heteroatoms. The van der Waals surface area contributed by atoms with Gasteiger partial charge in [-0.25, -0.2) is 0 Å². The standard InChI is InChI=1S/C21H25NO4/c1-13-19(24)18(21(26-6)14(2)20(13)25-5)17(23)12-9-15-7-10-16(11-8-15)22(3)4/h7-12,24H,1-6H3/b12-9+. The van der Waals surface area contributed by atoms with E-state index in [9.17, 15) is 9.90 Å². The molecule has 0 saturated heterocycles. The molecule has 0 spiro atoms. The summed E-state index contributed by atoms with van der Waals surface area (Å²) in [7, 11) is 6.93. The Labute approximate surface area is 154 Å². The van der Waals surface area contributed by atoms with Crippen molar-refractivity contribution < 1.29 is 19.4 Å². The van der Waals surface area contributed by atoms with Gasteiger partial charge in [-0.05, 0) is 37.6 Å². The summed E-state index contributed by atoms with van der Waals surface area (Å²) in [6, 6.07) is 7.81. The summed E-state index contributed by atoms with van der Waals surface area (Å²) < 4.78 is 10.7. The summed E-state index contributed by atoms with van der Waals surface area (Å²) in [5.74, 6) is 0.383. The molecule has 0 atom stereocenters. The molecule has 0 heterocycles. The molecule has 2 rings (SSSR count). The first-order valence-electron chi connectivity index (χ1n) is 8.25. The number of carbonyl (C=O) groups excluding carboxylic acids is 1. The third-order valence-electron chi connectivity index (χ3n) is 4.33. The van der Waals surface area contributed by atoms with Crippen LogP contribution >= 0.6 is 0 Å². The number of hydrogen-bond acceptors (Lipinski definition) is 5. The van der Waals surface area contributed by atoms with Crippen molar-refractivity contribution in [1.29, 1.82) is 0 Å². The number of hydrogen-bond donors (Lipinski definition) is 1. The van der Waals surface area contributed by atoms with E-state index in [0.717, 1.165) is 11.3 Å². The first-order valence-corrected chi connectivity index (χ1v) is 8.25. The Morgan fingerprint density at radius 3 is 2.08 bits per heavy atom.